The van der Waals surface area contributed by atoms with Crippen LogP contribution in [0.15, 0.2) is 36.7 Å². The van der Waals surface area contributed by atoms with Gasteiger partial charge in [0, 0.05) is 43.6 Å². The highest BCUT2D eigenvalue weighted by atomic mass is 19.1. The average Bonchev–Trinajstić information content (AvgIpc) is 3.11. The summed E-state index contributed by atoms with van der Waals surface area (Å²) >= 11 is 0. The summed E-state index contributed by atoms with van der Waals surface area (Å²) < 4.78 is 14.9. The Morgan fingerprint density at radius 2 is 1.76 bits per heavy atom. The van der Waals surface area contributed by atoms with Gasteiger partial charge in [0.25, 0.3) is 5.78 Å². The summed E-state index contributed by atoms with van der Waals surface area (Å²) in [5.41, 5.74) is 2.12. The third-order valence-electron chi connectivity index (χ3n) is 4.59. The predicted octanol–water partition coefficient (Wildman–Crippen LogP) is 2.54. The Bertz CT molecular complexity index is 852. The van der Waals surface area contributed by atoms with Crippen LogP contribution in [0.3, 0.4) is 0 Å². The number of benzene rings is 1. The number of anilines is 2. The van der Waals surface area contributed by atoms with Crippen LogP contribution < -0.4 is 9.80 Å². The molecule has 7 heteroatoms. The van der Waals surface area contributed by atoms with Gasteiger partial charge >= 0.3 is 0 Å². The third kappa shape index (κ3) is 3.14. The third-order valence-corrected chi connectivity index (χ3v) is 4.59. The lowest BCUT2D eigenvalue weighted by atomic mass is 10.2. The van der Waals surface area contributed by atoms with Crippen molar-refractivity contribution in [1.29, 1.82) is 0 Å². The van der Waals surface area contributed by atoms with Gasteiger partial charge in [0.15, 0.2) is 0 Å². The van der Waals surface area contributed by atoms with Crippen LogP contribution in [-0.2, 0) is 6.42 Å². The van der Waals surface area contributed by atoms with E-state index in [1.54, 1.807) is 6.33 Å². The number of aromatic nitrogens is 4. The Morgan fingerprint density at radius 3 is 2.48 bits per heavy atom. The maximum atomic E-state index is 13.1. The number of aryl methyl sites for hydroxylation is 1. The molecule has 0 radical (unpaired) electrons. The fourth-order valence-corrected chi connectivity index (χ4v) is 3.30. The maximum Gasteiger partial charge on any atom is 0.254 e. The average molecular weight is 340 g/mol. The van der Waals surface area contributed by atoms with Crippen LogP contribution in [0, 0.1) is 5.82 Å². The van der Waals surface area contributed by atoms with Gasteiger partial charge in [-0.15, -0.1) is 0 Å². The highest BCUT2D eigenvalue weighted by molar-refractivity contribution is 5.51. The van der Waals surface area contributed by atoms with Crippen molar-refractivity contribution in [2.45, 2.75) is 19.8 Å². The fourth-order valence-electron chi connectivity index (χ4n) is 3.30. The number of halogens is 1. The van der Waals surface area contributed by atoms with Gasteiger partial charge in [0.1, 0.15) is 18.0 Å². The molecule has 0 amide bonds. The van der Waals surface area contributed by atoms with Gasteiger partial charge < -0.3 is 9.80 Å². The van der Waals surface area contributed by atoms with Gasteiger partial charge in [-0.25, -0.2) is 9.37 Å². The monoisotopic (exact) mass is 340 g/mol. The van der Waals surface area contributed by atoms with Gasteiger partial charge in [-0.1, -0.05) is 13.3 Å². The second kappa shape index (κ2) is 6.66. The molecule has 0 unspecified atom stereocenters. The van der Waals surface area contributed by atoms with E-state index in [1.165, 1.54) is 12.1 Å². The Labute approximate surface area is 145 Å². The lowest BCUT2D eigenvalue weighted by Crippen LogP contribution is -2.47. The predicted molar refractivity (Wildman–Crippen MR) is 95.6 cm³/mol. The van der Waals surface area contributed by atoms with Crippen molar-refractivity contribution in [1.82, 2.24) is 19.6 Å². The Balaban J connectivity index is 1.55. The normalized spacial score (nSPS) is 15.1. The zero-order valence-electron chi connectivity index (χ0n) is 14.3. The molecule has 0 atom stereocenters. The first-order valence-electron chi connectivity index (χ1n) is 8.69. The standard InChI is InChI=1S/C18H21FN6/c1-2-3-15-12-17(25-18(22-15)20-13-21-25)24-10-8-23(9-11-24)16-6-4-14(19)5-7-16/h4-7,12-13H,2-3,8-11H2,1H3. The molecule has 1 fully saturated rings. The van der Waals surface area contributed by atoms with Crippen molar-refractivity contribution in [3.05, 3.63) is 48.2 Å². The molecule has 130 valence electrons. The molecule has 1 aliphatic heterocycles. The SMILES string of the molecule is CCCc1cc(N2CCN(c3ccc(F)cc3)CC2)n2ncnc2n1. The lowest BCUT2D eigenvalue weighted by molar-refractivity contribution is 0.622. The zero-order chi connectivity index (χ0) is 17.2. The molecule has 0 N–H and O–H groups in total. The molecule has 4 rings (SSSR count). The molecule has 1 saturated heterocycles. The molecule has 1 aromatic carbocycles. The van der Waals surface area contributed by atoms with Gasteiger partial charge in [-0.2, -0.15) is 14.6 Å². The smallest absolute Gasteiger partial charge is 0.254 e. The van der Waals surface area contributed by atoms with E-state index in [0.29, 0.717) is 5.78 Å². The number of hydrogen-bond acceptors (Lipinski definition) is 5. The molecular weight excluding hydrogens is 319 g/mol. The van der Waals surface area contributed by atoms with Crippen LogP contribution in [0.25, 0.3) is 5.78 Å². The van der Waals surface area contributed by atoms with E-state index in [1.807, 2.05) is 16.6 Å². The summed E-state index contributed by atoms with van der Waals surface area (Å²) in [6, 6.07) is 8.83. The van der Waals surface area contributed by atoms with Crippen molar-refractivity contribution in [3.8, 4) is 0 Å². The summed E-state index contributed by atoms with van der Waals surface area (Å²) in [5.74, 6) is 1.50. The van der Waals surface area contributed by atoms with Crippen molar-refractivity contribution < 1.29 is 4.39 Å². The molecule has 1 aliphatic rings. The molecule has 3 aromatic rings. The molecule has 25 heavy (non-hydrogen) atoms. The largest absolute Gasteiger partial charge is 0.368 e. The Hall–Kier alpha value is -2.70. The first-order chi connectivity index (χ1) is 12.2. The first kappa shape index (κ1) is 15.8. The van der Waals surface area contributed by atoms with Crippen molar-refractivity contribution >= 4 is 17.3 Å². The summed E-state index contributed by atoms with van der Waals surface area (Å²) in [6.45, 7) is 5.67. The Kier molecular flexibility index (Phi) is 4.21. The minimum Gasteiger partial charge on any atom is -0.368 e. The second-order valence-electron chi connectivity index (χ2n) is 6.28. The van der Waals surface area contributed by atoms with E-state index in [9.17, 15) is 4.39 Å². The second-order valence-corrected chi connectivity index (χ2v) is 6.28. The summed E-state index contributed by atoms with van der Waals surface area (Å²) in [7, 11) is 0. The first-order valence-corrected chi connectivity index (χ1v) is 8.69. The van der Waals surface area contributed by atoms with E-state index < -0.39 is 0 Å². The van der Waals surface area contributed by atoms with E-state index in [0.717, 1.165) is 56.2 Å². The van der Waals surface area contributed by atoms with Crippen molar-refractivity contribution in [2.75, 3.05) is 36.0 Å². The van der Waals surface area contributed by atoms with Gasteiger partial charge in [-0.3, -0.25) is 0 Å². The Morgan fingerprint density at radius 1 is 1.04 bits per heavy atom. The zero-order valence-corrected chi connectivity index (χ0v) is 14.3. The molecule has 3 heterocycles. The van der Waals surface area contributed by atoms with Crippen LogP contribution >= 0.6 is 0 Å². The highest BCUT2D eigenvalue weighted by Gasteiger charge is 2.21. The summed E-state index contributed by atoms with van der Waals surface area (Å²) in [5, 5.41) is 4.33. The van der Waals surface area contributed by atoms with E-state index in [-0.39, 0.29) is 5.82 Å². The molecule has 0 saturated carbocycles. The highest BCUT2D eigenvalue weighted by Crippen LogP contribution is 2.22. The van der Waals surface area contributed by atoms with Crippen molar-refractivity contribution in [3.63, 3.8) is 0 Å². The molecule has 6 nitrogen and oxygen atoms in total. The lowest BCUT2D eigenvalue weighted by Gasteiger charge is -2.37. The summed E-state index contributed by atoms with van der Waals surface area (Å²) in [6.07, 6.45) is 3.54. The number of piperazine rings is 1. The number of nitrogens with zero attached hydrogens (tertiary/aromatic N) is 6. The fraction of sp³-hybridized carbons (Fsp3) is 0.389. The van der Waals surface area contributed by atoms with Crippen LogP contribution in [0.5, 0.6) is 0 Å². The van der Waals surface area contributed by atoms with E-state index in [2.05, 4.69) is 37.9 Å². The topological polar surface area (TPSA) is 49.6 Å². The summed E-state index contributed by atoms with van der Waals surface area (Å²) in [4.78, 5) is 13.4. The van der Waals surface area contributed by atoms with E-state index >= 15 is 0 Å². The van der Waals surface area contributed by atoms with Crippen LogP contribution in [0.2, 0.25) is 0 Å². The molecule has 2 aromatic heterocycles. The van der Waals surface area contributed by atoms with E-state index in [4.69, 9.17) is 0 Å². The molecule has 0 bridgehead atoms. The maximum absolute atomic E-state index is 13.1. The molecule has 0 aliphatic carbocycles. The number of fused-ring (bicyclic) bond motifs is 1. The number of hydrogen-bond donors (Lipinski definition) is 0. The van der Waals surface area contributed by atoms with Crippen molar-refractivity contribution in [2.24, 2.45) is 0 Å². The van der Waals surface area contributed by atoms with Gasteiger partial charge in [0.05, 0.1) is 0 Å². The van der Waals surface area contributed by atoms with Crippen LogP contribution in [-0.4, -0.2) is 45.8 Å². The molecular formula is C18H21FN6. The van der Waals surface area contributed by atoms with Crippen LogP contribution in [0.4, 0.5) is 15.9 Å². The minimum atomic E-state index is -0.198. The van der Waals surface area contributed by atoms with Gasteiger partial charge in [-0.05, 0) is 30.7 Å². The van der Waals surface area contributed by atoms with Crippen LogP contribution in [0.1, 0.15) is 19.0 Å². The number of rotatable bonds is 4. The quantitative estimate of drug-likeness (QED) is 0.730. The minimum absolute atomic E-state index is 0.198. The molecule has 0 spiro atoms. The van der Waals surface area contributed by atoms with Gasteiger partial charge in [0.2, 0.25) is 0 Å².